The van der Waals surface area contributed by atoms with Gasteiger partial charge < -0.3 is 45.5 Å². The monoisotopic (exact) mass is 897 g/mol. The van der Waals surface area contributed by atoms with Crippen LogP contribution >= 0.6 is 0 Å². The van der Waals surface area contributed by atoms with Crippen LogP contribution in [0.1, 0.15) is 108 Å². The van der Waals surface area contributed by atoms with Gasteiger partial charge in [-0.2, -0.15) is 0 Å². The zero-order valence-corrected chi connectivity index (χ0v) is 46.0. The van der Waals surface area contributed by atoms with Gasteiger partial charge >= 0.3 is 8.80 Å². The molecule has 7 atom stereocenters. The summed E-state index contributed by atoms with van der Waals surface area (Å²) in [6, 6.07) is 2.04. The molecule has 340 valence electrons. The Morgan fingerprint density at radius 3 is 1.47 bits per heavy atom. The summed E-state index contributed by atoms with van der Waals surface area (Å²) in [5.41, 5.74) is -0.659. The van der Waals surface area contributed by atoms with Crippen LogP contribution in [0.5, 0.6) is 0 Å². The summed E-state index contributed by atoms with van der Waals surface area (Å²) >= 11 is 0. The average molecular weight is 898 g/mol. The van der Waals surface area contributed by atoms with Crippen molar-refractivity contribution in [2.24, 2.45) is 0 Å². The molecule has 0 bridgehead atoms. The van der Waals surface area contributed by atoms with Crippen molar-refractivity contribution in [3.63, 3.8) is 0 Å². The molecule has 10 nitrogen and oxygen atoms in total. The number of hydrogen-bond acceptors (Lipinski definition) is 10. The maximum absolute atomic E-state index is 7.67. The van der Waals surface area contributed by atoms with Gasteiger partial charge in [-0.05, 0) is 112 Å². The van der Waals surface area contributed by atoms with Crippen molar-refractivity contribution in [1.82, 2.24) is 0 Å². The molecule has 2 saturated heterocycles. The fraction of sp³-hybridized carbons (Fsp3) is 1.00. The van der Waals surface area contributed by atoms with Gasteiger partial charge in [0.05, 0.1) is 50.4 Å². The first kappa shape index (κ1) is 53.8. The van der Waals surface area contributed by atoms with E-state index in [-0.39, 0.29) is 33.8 Å². The molecule has 0 N–H and O–H groups in total. The Labute approximate surface area is 356 Å². The number of rotatable bonds is 31. The molecule has 7 unspecified atom stereocenters. The molecule has 2 fully saturated rings. The van der Waals surface area contributed by atoms with Gasteiger partial charge in [-0.25, -0.2) is 0 Å². The van der Waals surface area contributed by atoms with Crippen LogP contribution in [-0.2, 0) is 45.5 Å². The van der Waals surface area contributed by atoms with Crippen molar-refractivity contribution in [2.45, 2.75) is 217 Å². The molecule has 2 heterocycles. The lowest BCUT2D eigenvalue weighted by atomic mass is 9.89. The molecule has 57 heavy (non-hydrogen) atoms. The Morgan fingerprint density at radius 2 is 1.09 bits per heavy atom. The van der Waals surface area contributed by atoms with E-state index in [0.29, 0.717) is 19.8 Å². The first-order valence-corrected chi connectivity index (χ1v) is 36.1. The molecule has 15 heteroatoms. The van der Waals surface area contributed by atoms with Crippen LogP contribution in [0.25, 0.3) is 0 Å². The van der Waals surface area contributed by atoms with Crippen molar-refractivity contribution >= 4 is 41.8 Å². The SMILES string of the molecule is CCC(C)(O[Si](OC)(OC)C(C)(CC)C(C)(C)O[Si](C)(C)C(C)(C)C(C)O[Si](C)(CCCOCC1CO1)C(C)(CC)O[Si](C)(C)C)[Si](C)(C)CCCOCC1CO1. The fourth-order valence-electron chi connectivity index (χ4n) is 8.46. The summed E-state index contributed by atoms with van der Waals surface area (Å²) in [6.07, 6.45) is 4.97. The largest absolute Gasteiger partial charge is 0.509 e. The maximum Gasteiger partial charge on any atom is 0.509 e. The third-order valence-corrected chi connectivity index (χ3v) is 34.9. The van der Waals surface area contributed by atoms with Crippen LogP contribution in [0.15, 0.2) is 0 Å². The second-order valence-corrected chi connectivity index (χ2v) is 42.9. The molecule has 0 aromatic carbocycles. The van der Waals surface area contributed by atoms with Crippen molar-refractivity contribution < 1.29 is 45.5 Å². The average Bonchev–Trinajstić information content (AvgIpc) is 4.05. The topological polar surface area (TPSA) is 98.9 Å². The van der Waals surface area contributed by atoms with Gasteiger partial charge in [0, 0.05) is 43.8 Å². The van der Waals surface area contributed by atoms with Gasteiger partial charge in [-0.1, -0.05) is 60.7 Å². The van der Waals surface area contributed by atoms with E-state index in [9.17, 15) is 0 Å². The van der Waals surface area contributed by atoms with E-state index in [4.69, 9.17) is 45.5 Å². The summed E-state index contributed by atoms with van der Waals surface area (Å²) in [7, 11) is -8.89. The number of epoxide rings is 2. The minimum atomic E-state index is -3.43. The minimum Gasteiger partial charge on any atom is -0.412 e. The Balaban J connectivity index is 2.42. The van der Waals surface area contributed by atoms with Crippen LogP contribution in [-0.4, -0.2) is 130 Å². The second kappa shape index (κ2) is 20.5. The standard InChI is InChI=1S/C42H92O10Si5/c1-22-40(9,57(43-12,44-13)52-41(10,23-2)54(17,18)29-25-27-45-31-36-33-47-36)39(7,8)50-55(19,20)38(5,6)35(4)49-56(21,30-26-28-46-32-37-34-48-37)42(11,24-3)51-53(14,15)16/h35-37H,22-34H2,1-21H3. The van der Waals surface area contributed by atoms with Crippen LogP contribution in [0.3, 0.4) is 0 Å². The summed E-state index contributed by atoms with van der Waals surface area (Å²) < 4.78 is 65.9. The highest BCUT2D eigenvalue weighted by molar-refractivity contribution is 6.81. The normalized spacial score (nSPS) is 23.3. The third kappa shape index (κ3) is 13.1. The van der Waals surface area contributed by atoms with Gasteiger partial charge in [0.15, 0.2) is 16.6 Å². The Bertz CT molecular complexity index is 1220. The molecule has 0 radical (unpaired) electrons. The summed E-state index contributed by atoms with van der Waals surface area (Å²) in [6.45, 7) is 48.5. The Kier molecular flexibility index (Phi) is 19.3. The van der Waals surface area contributed by atoms with Gasteiger partial charge in [-0.15, -0.1) is 0 Å². The van der Waals surface area contributed by atoms with E-state index in [0.717, 1.165) is 64.0 Å². The lowest BCUT2D eigenvalue weighted by Crippen LogP contribution is -2.70. The van der Waals surface area contributed by atoms with E-state index < -0.39 is 52.5 Å². The predicted molar refractivity (Wildman–Crippen MR) is 248 cm³/mol. The lowest BCUT2D eigenvalue weighted by Gasteiger charge is -2.58. The molecule has 0 amide bonds. The minimum absolute atomic E-state index is 0.0736. The fourth-order valence-corrected chi connectivity index (χ4v) is 25.7. The highest BCUT2D eigenvalue weighted by atomic mass is 28.4. The van der Waals surface area contributed by atoms with Crippen molar-refractivity contribution in [3.05, 3.63) is 0 Å². The molecule has 0 spiro atoms. The van der Waals surface area contributed by atoms with Gasteiger partial charge in [0.2, 0.25) is 8.32 Å². The second-order valence-electron chi connectivity index (χ2n) is 21.1. The predicted octanol–water partition coefficient (Wildman–Crippen LogP) is 10.8. The van der Waals surface area contributed by atoms with Crippen LogP contribution in [0, 0.1) is 0 Å². The molecular formula is C42H92O10Si5. The van der Waals surface area contributed by atoms with Gasteiger partial charge in [0.1, 0.15) is 12.2 Å². The smallest absolute Gasteiger partial charge is 0.412 e. The van der Waals surface area contributed by atoms with E-state index >= 15 is 0 Å². The van der Waals surface area contributed by atoms with E-state index in [1.807, 2.05) is 0 Å². The Morgan fingerprint density at radius 1 is 0.632 bits per heavy atom. The molecule has 0 aromatic heterocycles. The number of hydrogen-bond donors (Lipinski definition) is 0. The van der Waals surface area contributed by atoms with E-state index in [1.165, 1.54) is 0 Å². The highest BCUT2D eigenvalue weighted by Gasteiger charge is 2.68. The van der Waals surface area contributed by atoms with E-state index in [1.54, 1.807) is 14.2 Å². The lowest BCUT2D eigenvalue weighted by molar-refractivity contribution is -0.0431. The molecular weight excluding hydrogens is 805 g/mol. The molecule has 0 saturated carbocycles. The van der Waals surface area contributed by atoms with Gasteiger partial charge in [-0.3, -0.25) is 0 Å². The van der Waals surface area contributed by atoms with Crippen molar-refractivity contribution in [3.8, 4) is 0 Å². The maximum atomic E-state index is 7.67. The number of ether oxygens (including phenoxy) is 4. The van der Waals surface area contributed by atoms with Crippen molar-refractivity contribution in [1.29, 1.82) is 0 Å². The molecule has 0 aromatic rings. The summed E-state index contributed by atoms with van der Waals surface area (Å²) in [5, 5.41) is -1.56. The molecule has 2 rings (SSSR count). The first-order chi connectivity index (χ1) is 26.0. The van der Waals surface area contributed by atoms with Crippen LogP contribution < -0.4 is 0 Å². The quantitative estimate of drug-likeness (QED) is 0.0380. The molecule has 2 aliphatic rings. The summed E-state index contributed by atoms with van der Waals surface area (Å²) in [4.78, 5) is 0. The van der Waals surface area contributed by atoms with Crippen LogP contribution in [0.4, 0.5) is 0 Å². The third-order valence-electron chi connectivity index (χ3n) is 15.0. The van der Waals surface area contributed by atoms with Crippen LogP contribution in [0.2, 0.25) is 74.5 Å². The first-order valence-electron chi connectivity index (χ1n) is 22.2. The molecule has 0 aliphatic carbocycles. The Hall–Kier alpha value is 0.684. The highest BCUT2D eigenvalue weighted by Crippen LogP contribution is 2.58. The van der Waals surface area contributed by atoms with Crippen molar-refractivity contribution in [2.75, 3.05) is 53.9 Å². The van der Waals surface area contributed by atoms with Gasteiger partial charge in [0.25, 0.3) is 0 Å². The molecule has 2 aliphatic heterocycles. The summed E-state index contributed by atoms with van der Waals surface area (Å²) in [5.74, 6) is 0. The zero-order chi connectivity index (χ0) is 44.0. The van der Waals surface area contributed by atoms with E-state index in [2.05, 4.69) is 129 Å². The zero-order valence-electron chi connectivity index (χ0n) is 41.0.